The molecule has 2 aromatic carbocycles. The van der Waals surface area contributed by atoms with Crippen LogP contribution in [0.5, 0.6) is 0 Å². The summed E-state index contributed by atoms with van der Waals surface area (Å²) in [7, 11) is 0. The third-order valence-electron chi connectivity index (χ3n) is 2.49. The second-order valence-corrected chi connectivity index (χ2v) is 4.02. The number of hydrogen-bond acceptors (Lipinski definition) is 3. The Balaban J connectivity index is 1.94. The molecule has 0 bridgehead atoms. The SMILES string of the molecule is N#Cc1cccc(NNC(=O)Nc2ccc(F)cc2F)c1. The van der Waals surface area contributed by atoms with Crippen LogP contribution in [0.4, 0.5) is 25.0 Å². The molecule has 3 N–H and O–H groups in total. The van der Waals surface area contributed by atoms with E-state index in [9.17, 15) is 13.6 Å². The van der Waals surface area contributed by atoms with Gasteiger partial charge in [0.15, 0.2) is 0 Å². The van der Waals surface area contributed by atoms with Gasteiger partial charge in [0.2, 0.25) is 0 Å². The number of urea groups is 1. The first-order valence-corrected chi connectivity index (χ1v) is 5.87. The summed E-state index contributed by atoms with van der Waals surface area (Å²) in [6, 6.07) is 10.4. The van der Waals surface area contributed by atoms with Crippen LogP contribution in [0, 0.1) is 23.0 Å². The van der Waals surface area contributed by atoms with Crippen LogP contribution < -0.4 is 16.2 Å². The van der Waals surface area contributed by atoms with E-state index in [1.165, 1.54) is 6.07 Å². The number of hydrazine groups is 1. The predicted octanol–water partition coefficient (Wildman–Crippen LogP) is 2.99. The van der Waals surface area contributed by atoms with Crippen molar-refractivity contribution in [2.24, 2.45) is 0 Å². The first kappa shape index (κ1) is 14.3. The molecular weight excluding hydrogens is 278 g/mol. The number of anilines is 2. The molecule has 0 unspecified atom stereocenters. The quantitative estimate of drug-likeness (QED) is 0.760. The van der Waals surface area contributed by atoms with Crippen LogP contribution >= 0.6 is 0 Å². The van der Waals surface area contributed by atoms with Crippen molar-refractivity contribution in [2.45, 2.75) is 0 Å². The monoisotopic (exact) mass is 288 g/mol. The second-order valence-electron chi connectivity index (χ2n) is 4.02. The summed E-state index contributed by atoms with van der Waals surface area (Å²) < 4.78 is 26.1. The van der Waals surface area contributed by atoms with E-state index in [-0.39, 0.29) is 5.69 Å². The standard InChI is InChI=1S/C14H10F2N4O/c15-10-4-5-13(12(16)7-10)18-14(21)20-19-11-3-1-2-9(6-11)8-17/h1-7,19H,(H2,18,20,21). The Hall–Kier alpha value is -3.14. The molecule has 0 aromatic heterocycles. The lowest BCUT2D eigenvalue weighted by Crippen LogP contribution is -2.33. The molecule has 0 saturated heterocycles. The summed E-state index contributed by atoms with van der Waals surface area (Å²) in [5.74, 6) is -1.61. The molecule has 0 fully saturated rings. The summed E-state index contributed by atoms with van der Waals surface area (Å²) in [6.07, 6.45) is 0. The molecule has 0 aliphatic heterocycles. The van der Waals surface area contributed by atoms with Crippen molar-refractivity contribution in [2.75, 3.05) is 10.7 Å². The molecular formula is C14H10F2N4O. The van der Waals surface area contributed by atoms with E-state index in [2.05, 4.69) is 16.2 Å². The van der Waals surface area contributed by atoms with E-state index in [0.29, 0.717) is 17.3 Å². The highest BCUT2D eigenvalue weighted by molar-refractivity contribution is 5.90. The molecule has 2 rings (SSSR count). The van der Waals surface area contributed by atoms with E-state index >= 15 is 0 Å². The fourth-order valence-electron chi connectivity index (χ4n) is 1.54. The number of nitrogens with zero attached hydrogens (tertiary/aromatic N) is 1. The van der Waals surface area contributed by atoms with Crippen molar-refractivity contribution in [1.82, 2.24) is 5.43 Å². The molecule has 2 aromatic rings. The fourth-order valence-corrected chi connectivity index (χ4v) is 1.54. The van der Waals surface area contributed by atoms with Crippen LogP contribution in [0.25, 0.3) is 0 Å². The summed E-state index contributed by atoms with van der Waals surface area (Å²) in [5.41, 5.74) is 5.59. The minimum atomic E-state index is -0.878. The van der Waals surface area contributed by atoms with E-state index < -0.39 is 17.7 Å². The maximum atomic E-state index is 13.3. The molecule has 0 atom stereocenters. The lowest BCUT2D eigenvalue weighted by Gasteiger charge is -2.10. The number of rotatable bonds is 3. The van der Waals surface area contributed by atoms with Crippen LogP contribution in [0.15, 0.2) is 42.5 Å². The van der Waals surface area contributed by atoms with Gasteiger partial charge in [-0.25, -0.2) is 13.6 Å². The molecule has 7 heteroatoms. The van der Waals surface area contributed by atoms with Gasteiger partial charge >= 0.3 is 6.03 Å². The summed E-state index contributed by atoms with van der Waals surface area (Å²) in [6.45, 7) is 0. The van der Waals surface area contributed by atoms with E-state index in [0.717, 1.165) is 12.1 Å². The number of halogens is 2. The first-order chi connectivity index (χ1) is 10.1. The minimum absolute atomic E-state index is 0.151. The van der Waals surface area contributed by atoms with Crippen molar-refractivity contribution in [1.29, 1.82) is 5.26 Å². The van der Waals surface area contributed by atoms with Crippen molar-refractivity contribution in [3.05, 3.63) is 59.7 Å². The normalized spacial score (nSPS) is 9.57. The zero-order chi connectivity index (χ0) is 15.2. The van der Waals surface area contributed by atoms with Gasteiger partial charge in [-0.3, -0.25) is 10.9 Å². The molecule has 0 radical (unpaired) electrons. The molecule has 21 heavy (non-hydrogen) atoms. The smallest absolute Gasteiger partial charge is 0.304 e. The molecule has 0 aliphatic rings. The van der Waals surface area contributed by atoms with Crippen LogP contribution in [-0.2, 0) is 0 Å². The molecule has 0 saturated carbocycles. The number of hydrogen-bond donors (Lipinski definition) is 3. The van der Waals surface area contributed by atoms with Crippen molar-refractivity contribution < 1.29 is 13.6 Å². The number of benzene rings is 2. The Bertz CT molecular complexity index is 712. The Labute approximate surface area is 119 Å². The van der Waals surface area contributed by atoms with Crippen molar-refractivity contribution in [3.63, 3.8) is 0 Å². The fraction of sp³-hybridized carbons (Fsp3) is 0. The summed E-state index contributed by atoms with van der Waals surface area (Å²) >= 11 is 0. The average molecular weight is 288 g/mol. The zero-order valence-corrected chi connectivity index (χ0v) is 10.7. The zero-order valence-electron chi connectivity index (χ0n) is 10.7. The number of nitrogens with one attached hydrogen (secondary N) is 3. The largest absolute Gasteiger partial charge is 0.337 e. The Morgan fingerprint density at radius 1 is 1.14 bits per heavy atom. The van der Waals surface area contributed by atoms with Crippen LogP contribution in [-0.4, -0.2) is 6.03 Å². The number of carbonyl (C=O) groups excluding carboxylic acids is 1. The highest BCUT2D eigenvalue weighted by atomic mass is 19.1. The van der Waals surface area contributed by atoms with Crippen molar-refractivity contribution >= 4 is 17.4 Å². The van der Waals surface area contributed by atoms with Gasteiger partial charge in [0.1, 0.15) is 11.6 Å². The molecule has 0 spiro atoms. The van der Waals surface area contributed by atoms with E-state index in [1.807, 2.05) is 6.07 Å². The highest BCUT2D eigenvalue weighted by Crippen LogP contribution is 2.14. The van der Waals surface area contributed by atoms with Gasteiger partial charge in [-0.1, -0.05) is 6.07 Å². The van der Waals surface area contributed by atoms with E-state index in [1.54, 1.807) is 18.2 Å². The van der Waals surface area contributed by atoms with Gasteiger partial charge in [-0.05, 0) is 30.3 Å². The molecule has 106 valence electrons. The maximum Gasteiger partial charge on any atom is 0.337 e. The molecule has 5 nitrogen and oxygen atoms in total. The summed E-state index contributed by atoms with van der Waals surface area (Å²) in [4.78, 5) is 11.6. The predicted molar refractivity (Wildman–Crippen MR) is 73.3 cm³/mol. The first-order valence-electron chi connectivity index (χ1n) is 5.87. The highest BCUT2D eigenvalue weighted by Gasteiger charge is 2.07. The molecule has 0 aliphatic carbocycles. The lowest BCUT2D eigenvalue weighted by atomic mass is 10.2. The van der Waals surface area contributed by atoms with Gasteiger partial charge in [-0.15, -0.1) is 0 Å². The average Bonchev–Trinajstić information content (AvgIpc) is 2.48. The maximum absolute atomic E-state index is 13.3. The van der Waals surface area contributed by atoms with Gasteiger partial charge in [0.05, 0.1) is 23.0 Å². The second kappa shape index (κ2) is 6.34. The number of carbonyl (C=O) groups is 1. The van der Waals surface area contributed by atoms with Crippen LogP contribution in [0.3, 0.4) is 0 Å². The Kier molecular flexibility index (Phi) is 4.31. The molecule has 0 heterocycles. The van der Waals surface area contributed by atoms with Gasteiger partial charge in [0.25, 0.3) is 0 Å². The van der Waals surface area contributed by atoms with Gasteiger partial charge < -0.3 is 5.32 Å². The minimum Gasteiger partial charge on any atom is -0.304 e. The third kappa shape index (κ3) is 3.91. The third-order valence-corrected chi connectivity index (χ3v) is 2.49. The summed E-state index contributed by atoms with van der Waals surface area (Å²) in [5, 5.41) is 11.0. The van der Waals surface area contributed by atoms with Gasteiger partial charge in [0, 0.05) is 6.07 Å². The van der Waals surface area contributed by atoms with Crippen LogP contribution in [0.2, 0.25) is 0 Å². The number of nitriles is 1. The van der Waals surface area contributed by atoms with Crippen molar-refractivity contribution in [3.8, 4) is 6.07 Å². The molecule has 2 amide bonds. The van der Waals surface area contributed by atoms with E-state index in [4.69, 9.17) is 5.26 Å². The van der Waals surface area contributed by atoms with Gasteiger partial charge in [-0.2, -0.15) is 5.26 Å². The van der Waals surface area contributed by atoms with Crippen LogP contribution in [0.1, 0.15) is 5.56 Å². The number of amides is 2. The lowest BCUT2D eigenvalue weighted by molar-refractivity contribution is 0.253. The Morgan fingerprint density at radius 2 is 1.95 bits per heavy atom. The Morgan fingerprint density at radius 3 is 2.67 bits per heavy atom. The topological polar surface area (TPSA) is 77.0 Å².